The number of ether oxygens (including phenoxy) is 3. The maximum absolute atomic E-state index is 12.1. The molecule has 0 aromatic heterocycles. The summed E-state index contributed by atoms with van der Waals surface area (Å²) in [5.41, 5.74) is 0.705. The van der Waals surface area contributed by atoms with Crippen molar-refractivity contribution in [3.8, 4) is 11.5 Å². The van der Waals surface area contributed by atoms with E-state index >= 15 is 0 Å². The highest BCUT2D eigenvalue weighted by Crippen LogP contribution is 2.42. The van der Waals surface area contributed by atoms with E-state index < -0.39 is 5.97 Å². The number of rotatable bonds is 2. The second kappa shape index (κ2) is 4.80. The highest BCUT2D eigenvalue weighted by Gasteiger charge is 2.35. The van der Waals surface area contributed by atoms with Crippen molar-refractivity contribution in [2.75, 3.05) is 13.7 Å². The quantitative estimate of drug-likeness (QED) is 0.895. The van der Waals surface area contributed by atoms with Gasteiger partial charge in [-0.15, -0.1) is 0 Å². The summed E-state index contributed by atoms with van der Waals surface area (Å²) in [6.45, 7) is 1.86. The van der Waals surface area contributed by atoms with E-state index in [0.717, 1.165) is 0 Å². The number of aromatic carboxylic acids is 1. The van der Waals surface area contributed by atoms with Crippen molar-refractivity contribution in [3.05, 3.63) is 28.8 Å². The summed E-state index contributed by atoms with van der Waals surface area (Å²) in [6.07, 6.45) is -0.0123. The van der Waals surface area contributed by atoms with Crippen molar-refractivity contribution in [3.63, 3.8) is 0 Å². The zero-order chi connectivity index (χ0) is 15.1. The number of carboxylic acids is 1. The van der Waals surface area contributed by atoms with Gasteiger partial charge in [0.2, 0.25) is 0 Å². The second-order valence-corrected chi connectivity index (χ2v) is 5.01. The summed E-state index contributed by atoms with van der Waals surface area (Å²) in [4.78, 5) is 23.6. The van der Waals surface area contributed by atoms with Crippen molar-refractivity contribution >= 4 is 17.5 Å². The molecule has 6 nitrogen and oxygen atoms in total. The fourth-order valence-corrected chi connectivity index (χ4v) is 2.56. The summed E-state index contributed by atoms with van der Waals surface area (Å²) in [5.74, 6) is -0.142. The third kappa shape index (κ3) is 2.12. The van der Waals surface area contributed by atoms with Gasteiger partial charge >= 0.3 is 5.97 Å². The predicted octanol–water partition coefficient (Wildman–Crippen LogP) is 1.87. The van der Waals surface area contributed by atoms with Crippen LogP contribution in [0.5, 0.6) is 11.5 Å². The minimum Gasteiger partial charge on any atom is -0.497 e. The lowest BCUT2D eigenvalue weighted by Gasteiger charge is -2.31. The molecule has 2 aliphatic heterocycles. The summed E-state index contributed by atoms with van der Waals surface area (Å²) < 4.78 is 16.3. The van der Waals surface area contributed by atoms with E-state index in [1.165, 1.54) is 13.2 Å². The van der Waals surface area contributed by atoms with Gasteiger partial charge in [-0.25, -0.2) is 4.79 Å². The zero-order valence-corrected chi connectivity index (χ0v) is 11.6. The lowest BCUT2D eigenvalue weighted by molar-refractivity contribution is -0.118. The third-order valence-electron chi connectivity index (χ3n) is 3.54. The molecule has 110 valence electrons. The lowest BCUT2D eigenvalue weighted by Crippen LogP contribution is -2.29. The number of fused-ring (bicyclic) bond motifs is 2. The first-order valence-corrected chi connectivity index (χ1v) is 6.52. The van der Waals surface area contributed by atoms with Gasteiger partial charge in [0, 0.05) is 12.5 Å². The van der Waals surface area contributed by atoms with E-state index in [1.54, 1.807) is 13.0 Å². The molecule has 0 fully saturated rings. The standard InChI is InChI=1S/C15H14O6/c1-7-3-11(16)10-6-20-12-5-8(19-2)4-9(15(17)18)13(12)14(10)21-7/h4-5,7H,3,6H2,1-2H3,(H,17,18). The van der Waals surface area contributed by atoms with Crippen LogP contribution in [0.15, 0.2) is 17.7 Å². The minimum atomic E-state index is -1.13. The van der Waals surface area contributed by atoms with Crippen molar-refractivity contribution in [1.29, 1.82) is 0 Å². The Morgan fingerprint density at radius 2 is 2.19 bits per heavy atom. The number of hydrogen-bond acceptors (Lipinski definition) is 5. The first-order chi connectivity index (χ1) is 10.0. The molecule has 2 heterocycles. The topological polar surface area (TPSA) is 82.1 Å². The average molecular weight is 290 g/mol. The molecule has 1 aromatic carbocycles. The van der Waals surface area contributed by atoms with Crippen LogP contribution in [0, 0.1) is 0 Å². The summed E-state index contributed by atoms with van der Waals surface area (Å²) >= 11 is 0. The van der Waals surface area contributed by atoms with E-state index in [1.807, 2.05) is 0 Å². The van der Waals surface area contributed by atoms with Crippen LogP contribution >= 0.6 is 0 Å². The van der Waals surface area contributed by atoms with Gasteiger partial charge in [-0.3, -0.25) is 4.79 Å². The molecular formula is C15H14O6. The van der Waals surface area contributed by atoms with Crippen LogP contribution in [-0.2, 0) is 9.53 Å². The number of methoxy groups -OCH3 is 1. The summed E-state index contributed by atoms with van der Waals surface area (Å²) in [5, 5.41) is 9.41. The first-order valence-electron chi connectivity index (χ1n) is 6.52. The molecule has 0 aliphatic carbocycles. The average Bonchev–Trinajstić information content (AvgIpc) is 2.45. The Bertz CT molecular complexity index is 673. The molecule has 2 aliphatic rings. The first kappa shape index (κ1) is 13.5. The van der Waals surface area contributed by atoms with Gasteiger partial charge in [0.1, 0.15) is 30.0 Å². The highest BCUT2D eigenvalue weighted by atomic mass is 16.5. The number of carbonyl (C=O) groups is 2. The number of carbonyl (C=O) groups excluding carboxylic acids is 1. The molecule has 1 atom stereocenters. The Balaban J connectivity index is 2.25. The van der Waals surface area contributed by atoms with E-state index in [-0.39, 0.29) is 30.5 Å². The summed E-state index contributed by atoms with van der Waals surface area (Å²) in [6, 6.07) is 2.99. The molecule has 1 aromatic rings. The highest BCUT2D eigenvalue weighted by molar-refractivity contribution is 6.07. The van der Waals surface area contributed by atoms with Crippen molar-refractivity contribution < 1.29 is 28.9 Å². The third-order valence-corrected chi connectivity index (χ3v) is 3.54. The predicted molar refractivity (Wildman–Crippen MR) is 72.5 cm³/mol. The molecule has 0 amide bonds. The Morgan fingerprint density at radius 1 is 1.43 bits per heavy atom. The molecule has 0 spiro atoms. The van der Waals surface area contributed by atoms with Crippen LogP contribution in [0.2, 0.25) is 0 Å². The SMILES string of the molecule is COc1cc2c(c(C(=O)O)c1)C1=C(CO2)C(=O)CC(C)O1. The summed E-state index contributed by atoms with van der Waals surface area (Å²) in [7, 11) is 1.45. The lowest BCUT2D eigenvalue weighted by atomic mass is 9.93. The fraction of sp³-hybridized carbons (Fsp3) is 0.333. The molecule has 0 saturated carbocycles. The largest absolute Gasteiger partial charge is 0.497 e. The molecule has 3 rings (SSSR count). The van der Waals surface area contributed by atoms with Crippen molar-refractivity contribution in [2.45, 2.75) is 19.4 Å². The molecule has 21 heavy (non-hydrogen) atoms. The molecular weight excluding hydrogens is 276 g/mol. The van der Waals surface area contributed by atoms with Gasteiger partial charge in [0.25, 0.3) is 0 Å². The maximum Gasteiger partial charge on any atom is 0.336 e. The van der Waals surface area contributed by atoms with Gasteiger partial charge in [0.05, 0.1) is 23.8 Å². The van der Waals surface area contributed by atoms with Crippen LogP contribution in [0.25, 0.3) is 5.76 Å². The number of hydrogen-bond donors (Lipinski definition) is 1. The molecule has 1 N–H and O–H groups in total. The van der Waals surface area contributed by atoms with Gasteiger partial charge in [-0.2, -0.15) is 0 Å². The molecule has 6 heteroatoms. The maximum atomic E-state index is 12.1. The number of ketones is 1. The van der Waals surface area contributed by atoms with Gasteiger partial charge in [-0.05, 0) is 13.0 Å². The Morgan fingerprint density at radius 3 is 2.86 bits per heavy atom. The number of Topliss-reactive ketones (excluding diaryl/α,β-unsaturated/α-hetero) is 1. The normalized spacial score (nSPS) is 20.1. The van der Waals surface area contributed by atoms with E-state index in [4.69, 9.17) is 14.2 Å². The van der Waals surface area contributed by atoms with Crippen LogP contribution in [0.1, 0.15) is 29.3 Å². The smallest absolute Gasteiger partial charge is 0.336 e. The minimum absolute atomic E-state index is 0.00144. The number of benzene rings is 1. The van der Waals surface area contributed by atoms with E-state index in [9.17, 15) is 14.7 Å². The van der Waals surface area contributed by atoms with Crippen molar-refractivity contribution in [1.82, 2.24) is 0 Å². The molecule has 0 radical (unpaired) electrons. The van der Waals surface area contributed by atoms with Crippen molar-refractivity contribution in [2.24, 2.45) is 0 Å². The van der Waals surface area contributed by atoms with Gasteiger partial charge < -0.3 is 19.3 Å². The second-order valence-electron chi connectivity index (χ2n) is 5.01. The van der Waals surface area contributed by atoms with Crippen LogP contribution in [0.3, 0.4) is 0 Å². The Hall–Kier alpha value is -2.50. The monoisotopic (exact) mass is 290 g/mol. The van der Waals surface area contributed by atoms with Gasteiger partial charge in [0.15, 0.2) is 5.78 Å². The molecule has 0 bridgehead atoms. The van der Waals surface area contributed by atoms with E-state index in [2.05, 4.69) is 0 Å². The van der Waals surface area contributed by atoms with Crippen LogP contribution in [0.4, 0.5) is 0 Å². The fourth-order valence-electron chi connectivity index (χ4n) is 2.56. The zero-order valence-electron chi connectivity index (χ0n) is 11.6. The number of carboxylic acid groups (broad SMARTS) is 1. The van der Waals surface area contributed by atoms with Gasteiger partial charge in [-0.1, -0.05) is 0 Å². The van der Waals surface area contributed by atoms with Crippen LogP contribution < -0.4 is 9.47 Å². The Kier molecular flexibility index (Phi) is 3.08. The van der Waals surface area contributed by atoms with E-state index in [0.29, 0.717) is 28.4 Å². The van der Waals surface area contributed by atoms with Crippen LogP contribution in [-0.4, -0.2) is 36.7 Å². The Labute approximate surface area is 120 Å². The molecule has 1 unspecified atom stereocenters. The molecule has 0 saturated heterocycles.